The third kappa shape index (κ3) is 6.42. The quantitative estimate of drug-likeness (QED) is 0.219. The van der Waals surface area contributed by atoms with Crippen LogP contribution in [0, 0.1) is 24.7 Å². The maximum Gasteiger partial charge on any atom is 0.312 e. The Morgan fingerprint density at radius 2 is 2.02 bits per heavy atom. The van der Waals surface area contributed by atoms with Gasteiger partial charge in [0.15, 0.2) is 0 Å². The molecular weight excluding hydrogens is 598 g/mol. The number of aliphatic hydroxyl groups excluding tert-OH is 1. The van der Waals surface area contributed by atoms with Crippen LogP contribution >= 0.6 is 11.6 Å². The summed E-state index contributed by atoms with van der Waals surface area (Å²) in [6.07, 6.45) is 4.32. The Balaban J connectivity index is 1.71. The van der Waals surface area contributed by atoms with Gasteiger partial charge < -0.3 is 29.7 Å². The number of nitrogens with zero attached hydrogens (tertiary/aromatic N) is 2. The molecule has 11 heteroatoms. The van der Waals surface area contributed by atoms with Gasteiger partial charge in [0.2, 0.25) is 11.8 Å². The highest BCUT2D eigenvalue weighted by Gasteiger charge is 2.76. The van der Waals surface area contributed by atoms with Crippen LogP contribution < -0.4 is 10.2 Å². The molecule has 4 rings (SSSR count). The Kier molecular flexibility index (Phi) is 11.2. The highest BCUT2D eigenvalue weighted by atomic mass is 35.5. The molecule has 8 atom stereocenters. The van der Waals surface area contributed by atoms with Crippen LogP contribution in [0.5, 0.6) is 0 Å². The molecule has 2 N–H and O–H groups in total. The van der Waals surface area contributed by atoms with Crippen molar-refractivity contribution in [3.05, 3.63) is 54.1 Å². The Morgan fingerprint density at radius 3 is 2.64 bits per heavy atom. The minimum absolute atomic E-state index is 0.116. The number of carbonyl (C=O) groups excluding carboxylic acids is 4. The summed E-state index contributed by atoms with van der Waals surface area (Å²) in [4.78, 5) is 58.1. The van der Waals surface area contributed by atoms with Crippen molar-refractivity contribution in [2.45, 2.75) is 89.7 Å². The van der Waals surface area contributed by atoms with Crippen molar-refractivity contribution < 1.29 is 33.8 Å². The average Bonchev–Trinajstić information content (AvgIpc) is 3.66. The van der Waals surface area contributed by atoms with E-state index in [2.05, 4.69) is 18.5 Å². The lowest BCUT2D eigenvalue weighted by Crippen LogP contribution is -2.60. The predicted molar refractivity (Wildman–Crippen MR) is 172 cm³/mol. The molecule has 0 aliphatic carbocycles. The molecule has 3 amide bonds. The monoisotopic (exact) mass is 643 g/mol. The zero-order valence-corrected chi connectivity index (χ0v) is 27.4. The van der Waals surface area contributed by atoms with Crippen LogP contribution in [-0.4, -0.2) is 83.3 Å². The van der Waals surface area contributed by atoms with Crippen molar-refractivity contribution in [2.75, 3.05) is 24.6 Å². The van der Waals surface area contributed by atoms with Gasteiger partial charge in [-0.15, -0.1) is 13.2 Å². The highest BCUT2D eigenvalue weighted by Crippen LogP contribution is 2.59. The lowest BCUT2D eigenvalue weighted by Gasteiger charge is -2.41. The van der Waals surface area contributed by atoms with Crippen LogP contribution in [-0.2, 0) is 28.7 Å². The number of benzene rings is 1. The minimum atomic E-state index is -1.29. The second kappa shape index (κ2) is 14.5. The summed E-state index contributed by atoms with van der Waals surface area (Å²) in [6.45, 7) is 14.8. The number of amides is 3. The lowest BCUT2D eigenvalue weighted by atomic mass is 9.70. The molecule has 2 bridgehead atoms. The van der Waals surface area contributed by atoms with E-state index in [0.717, 1.165) is 5.56 Å². The van der Waals surface area contributed by atoms with Gasteiger partial charge in [0.05, 0.1) is 47.8 Å². The molecule has 0 aromatic heterocycles. The first-order chi connectivity index (χ1) is 21.5. The number of para-hydroxylation sites is 1. The molecule has 0 radical (unpaired) electrons. The number of aryl methyl sites for hydroxylation is 1. The fourth-order valence-corrected chi connectivity index (χ4v) is 7.56. The highest BCUT2D eigenvalue weighted by molar-refractivity contribution is 6.34. The Morgan fingerprint density at radius 1 is 1.29 bits per heavy atom. The second-order valence-electron chi connectivity index (χ2n) is 12.5. The van der Waals surface area contributed by atoms with Gasteiger partial charge in [-0.1, -0.05) is 56.2 Å². The summed E-state index contributed by atoms with van der Waals surface area (Å²) in [5.41, 5.74) is -0.0140. The number of allylic oxidation sites excluding steroid dienone is 1. The molecule has 10 nitrogen and oxygen atoms in total. The number of carbonyl (C=O) groups is 4. The van der Waals surface area contributed by atoms with Gasteiger partial charge in [-0.05, 0) is 50.7 Å². The number of ether oxygens (including phenoxy) is 2. The Labute approximate surface area is 270 Å². The summed E-state index contributed by atoms with van der Waals surface area (Å²) < 4.78 is 12.3. The van der Waals surface area contributed by atoms with Crippen LogP contribution in [0.15, 0.2) is 43.5 Å². The summed E-state index contributed by atoms with van der Waals surface area (Å²) in [7, 11) is 0. The van der Waals surface area contributed by atoms with Gasteiger partial charge in [0.25, 0.3) is 5.91 Å². The Bertz CT molecular complexity index is 1300. The molecule has 0 unspecified atom stereocenters. The van der Waals surface area contributed by atoms with E-state index in [1.54, 1.807) is 31.2 Å². The fourth-order valence-electron chi connectivity index (χ4n) is 7.24. The topological polar surface area (TPSA) is 125 Å². The number of rotatable bonds is 15. The van der Waals surface area contributed by atoms with Gasteiger partial charge in [-0.3, -0.25) is 19.2 Å². The van der Waals surface area contributed by atoms with Crippen LogP contribution in [0.1, 0.15) is 58.4 Å². The maximum atomic E-state index is 14.8. The van der Waals surface area contributed by atoms with Gasteiger partial charge in [-0.25, -0.2) is 0 Å². The van der Waals surface area contributed by atoms with Crippen molar-refractivity contribution in [1.82, 2.24) is 10.2 Å². The van der Waals surface area contributed by atoms with Gasteiger partial charge in [0.1, 0.15) is 17.7 Å². The summed E-state index contributed by atoms with van der Waals surface area (Å²) in [5, 5.41) is 13.7. The molecule has 3 aliphatic heterocycles. The van der Waals surface area contributed by atoms with Crippen LogP contribution in [0.4, 0.5) is 5.69 Å². The van der Waals surface area contributed by atoms with E-state index in [1.165, 1.54) is 9.80 Å². The largest absolute Gasteiger partial charge is 0.460 e. The first-order valence-electron chi connectivity index (χ1n) is 15.8. The minimum Gasteiger partial charge on any atom is -0.460 e. The number of nitrogens with one attached hydrogen (secondary N) is 1. The zero-order chi connectivity index (χ0) is 33.1. The lowest BCUT2D eigenvalue weighted by molar-refractivity contribution is -0.160. The molecular formula is C34H46ClN3O7. The molecule has 1 aromatic carbocycles. The molecule has 246 valence electrons. The summed E-state index contributed by atoms with van der Waals surface area (Å²) in [5.74, 6) is -3.65. The van der Waals surface area contributed by atoms with E-state index in [1.807, 2.05) is 26.8 Å². The number of fused-ring (bicyclic) bond motifs is 1. The average molecular weight is 644 g/mol. The van der Waals surface area contributed by atoms with Gasteiger partial charge >= 0.3 is 5.97 Å². The van der Waals surface area contributed by atoms with E-state index in [-0.39, 0.29) is 37.9 Å². The predicted octanol–water partition coefficient (Wildman–Crippen LogP) is 3.96. The smallest absolute Gasteiger partial charge is 0.312 e. The summed E-state index contributed by atoms with van der Waals surface area (Å²) in [6, 6.07) is 3.56. The molecule has 3 heterocycles. The summed E-state index contributed by atoms with van der Waals surface area (Å²) >= 11 is 6.64. The van der Waals surface area contributed by atoms with Crippen molar-refractivity contribution in [1.29, 1.82) is 0 Å². The van der Waals surface area contributed by atoms with E-state index < -0.39 is 59.5 Å². The first-order valence-corrected chi connectivity index (χ1v) is 16.2. The number of esters is 1. The van der Waals surface area contributed by atoms with Crippen LogP contribution in [0.2, 0.25) is 5.02 Å². The van der Waals surface area contributed by atoms with E-state index in [4.69, 9.17) is 21.1 Å². The third-order valence-corrected chi connectivity index (χ3v) is 9.91. The van der Waals surface area contributed by atoms with E-state index in [0.29, 0.717) is 36.4 Å². The molecule has 45 heavy (non-hydrogen) atoms. The van der Waals surface area contributed by atoms with E-state index in [9.17, 15) is 24.3 Å². The maximum absolute atomic E-state index is 14.8. The zero-order valence-electron chi connectivity index (χ0n) is 26.7. The number of likely N-dealkylation sites (tertiary alicyclic amines) is 1. The standard InChI is InChI=1S/C34H46ClN3O7/c1-7-10-14-26(40)36-18-22(6)44-33(43)27-25-15-16-34(45-25)28(27)31(41)38(24(19-39)20(4)9-3)30(34)32(42)37(17-8-2)29-21(5)12-11-13-23(29)35/h7-8,11-13,20,22,24-25,27-28,30,39H,1-2,9-10,14-19H2,3-6H3,(H,36,40)/t20-,22+,24-,25-,27+,28+,30-,34+/m0/s1. The van der Waals surface area contributed by atoms with Crippen molar-refractivity contribution in [3.8, 4) is 0 Å². The van der Waals surface area contributed by atoms with Crippen molar-refractivity contribution >= 4 is 41.0 Å². The molecule has 1 aromatic rings. The SMILES string of the molecule is C=CCCC(=O)NC[C@@H](C)OC(=O)[C@@H]1[C@@H]2CC[C@]3(O2)[C@H](C(=O)N(CC=C)c2c(C)cccc2Cl)N([C@@H](CO)[C@@H](C)CC)C(=O)[C@@H]13. The van der Waals surface area contributed by atoms with Crippen molar-refractivity contribution in [2.24, 2.45) is 17.8 Å². The van der Waals surface area contributed by atoms with Crippen LogP contribution in [0.25, 0.3) is 0 Å². The fraction of sp³-hybridized carbons (Fsp3) is 0.588. The van der Waals surface area contributed by atoms with Crippen molar-refractivity contribution in [3.63, 3.8) is 0 Å². The number of hydrogen-bond acceptors (Lipinski definition) is 7. The van der Waals surface area contributed by atoms with Gasteiger partial charge in [-0.2, -0.15) is 0 Å². The third-order valence-electron chi connectivity index (χ3n) is 9.60. The van der Waals surface area contributed by atoms with Gasteiger partial charge in [0, 0.05) is 13.0 Å². The Hall–Kier alpha value is -3.21. The number of hydrogen-bond donors (Lipinski definition) is 2. The molecule has 3 aliphatic rings. The number of halogens is 1. The molecule has 3 fully saturated rings. The second-order valence-corrected chi connectivity index (χ2v) is 12.9. The normalized spacial score (nSPS) is 27.0. The molecule has 3 saturated heterocycles. The first kappa shape index (κ1) is 34.7. The van der Waals surface area contributed by atoms with E-state index >= 15 is 0 Å². The number of aliphatic hydroxyl groups is 1. The molecule has 1 spiro atoms. The molecule has 0 saturated carbocycles. The van der Waals surface area contributed by atoms with Crippen LogP contribution in [0.3, 0.4) is 0 Å². The number of anilines is 1.